The number of benzene rings is 2. The maximum atomic E-state index is 12.4. The van der Waals surface area contributed by atoms with Gasteiger partial charge in [0.05, 0.1) is 18.6 Å². The average Bonchev–Trinajstić information content (AvgIpc) is 2.60. The van der Waals surface area contributed by atoms with E-state index in [2.05, 4.69) is 10.0 Å². The molecule has 1 atom stereocenters. The Kier molecular flexibility index (Phi) is 5.18. The highest BCUT2D eigenvalue weighted by atomic mass is 32.2. The van der Waals surface area contributed by atoms with Gasteiger partial charge < -0.3 is 10.1 Å². The summed E-state index contributed by atoms with van der Waals surface area (Å²) < 4.78 is 31.1. The molecule has 1 heterocycles. The summed E-state index contributed by atoms with van der Waals surface area (Å²) in [5, 5.41) is 2.91. The molecule has 7 heteroatoms. The first-order valence-corrected chi connectivity index (χ1v) is 10.3. The van der Waals surface area contributed by atoms with E-state index in [4.69, 9.17) is 4.74 Å². The van der Waals surface area contributed by atoms with Gasteiger partial charge in [-0.15, -0.1) is 0 Å². The lowest BCUT2D eigenvalue weighted by Crippen LogP contribution is -2.34. The van der Waals surface area contributed by atoms with Gasteiger partial charge >= 0.3 is 0 Å². The zero-order valence-corrected chi connectivity index (χ0v) is 15.6. The molecule has 1 aliphatic rings. The van der Waals surface area contributed by atoms with Crippen molar-refractivity contribution in [1.82, 2.24) is 5.32 Å². The summed E-state index contributed by atoms with van der Waals surface area (Å²) in [6.07, 6.45) is 1.94. The quantitative estimate of drug-likeness (QED) is 0.841. The molecular weight excluding hydrogens is 352 g/mol. The lowest BCUT2D eigenvalue weighted by atomic mass is 9.96. The van der Waals surface area contributed by atoms with Gasteiger partial charge in [-0.05, 0) is 42.7 Å². The molecule has 1 unspecified atom stereocenters. The van der Waals surface area contributed by atoms with Crippen LogP contribution in [0.1, 0.15) is 21.5 Å². The number of para-hydroxylation sites is 1. The van der Waals surface area contributed by atoms with Crippen molar-refractivity contribution >= 4 is 21.6 Å². The zero-order chi connectivity index (χ0) is 18.7. The summed E-state index contributed by atoms with van der Waals surface area (Å²) in [5.74, 6) is 0.874. The van der Waals surface area contributed by atoms with E-state index >= 15 is 0 Å². The summed E-state index contributed by atoms with van der Waals surface area (Å²) in [6, 6.07) is 12.9. The average molecular weight is 374 g/mol. The first-order valence-electron chi connectivity index (χ1n) is 8.39. The molecule has 0 saturated heterocycles. The van der Waals surface area contributed by atoms with Crippen molar-refractivity contribution in [3.05, 3.63) is 59.2 Å². The molecular formula is C19H22N2O4S. The van der Waals surface area contributed by atoms with Gasteiger partial charge in [0, 0.05) is 18.0 Å². The fourth-order valence-corrected chi connectivity index (χ4v) is 3.55. The van der Waals surface area contributed by atoms with Crippen molar-refractivity contribution in [1.29, 1.82) is 0 Å². The molecule has 1 aliphatic heterocycles. The number of carbonyl (C=O) groups excluding carboxylic acids is 1. The SMILES string of the molecule is Cc1ccc(C(=O)NCC2COc3ccccc3C2)cc1NS(C)(=O)=O. The van der Waals surface area contributed by atoms with E-state index in [0.29, 0.717) is 24.4 Å². The van der Waals surface area contributed by atoms with Gasteiger partial charge in [-0.2, -0.15) is 0 Å². The van der Waals surface area contributed by atoms with Crippen LogP contribution in [-0.4, -0.2) is 33.7 Å². The highest BCUT2D eigenvalue weighted by Crippen LogP contribution is 2.26. The minimum atomic E-state index is -3.40. The fourth-order valence-electron chi connectivity index (χ4n) is 2.93. The third-order valence-corrected chi connectivity index (χ3v) is 4.89. The number of ether oxygens (including phenoxy) is 1. The highest BCUT2D eigenvalue weighted by molar-refractivity contribution is 7.92. The Morgan fingerprint density at radius 3 is 2.77 bits per heavy atom. The second-order valence-electron chi connectivity index (χ2n) is 6.60. The molecule has 0 aromatic heterocycles. The molecule has 2 aromatic carbocycles. The number of rotatable bonds is 5. The molecule has 0 spiro atoms. The first kappa shape index (κ1) is 18.3. The number of hydrogen-bond donors (Lipinski definition) is 2. The number of nitrogens with one attached hydrogen (secondary N) is 2. The second-order valence-corrected chi connectivity index (χ2v) is 8.35. The Hall–Kier alpha value is -2.54. The molecule has 6 nitrogen and oxygen atoms in total. The van der Waals surface area contributed by atoms with Crippen molar-refractivity contribution < 1.29 is 17.9 Å². The maximum Gasteiger partial charge on any atom is 0.251 e. The van der Waals surface area contributed by atoms with Gasteiger partial charge in [0.15, 0.2) is 0 Å². The zero-order valence-electron chi connectivity index (χ0n) is 14.8. The van der Waals surface area contributed by atoms with Crippen LogP contribution in [0, 0.1) is 12.8 Å². The van der Waals surface area contributed by atoms with Crippen LogP contribution in [0.5, 0.6) is 5.75 Å². The predicted octanol–water partition coefficient (Wildman–Crippen LogP) is 2.35. The number of aryl methyl sites for hydroxylation is 1. The summed E-state index contributed by atoms with van der Waals surface area (Å²) in [5.41, 5.74) is 2.73. The molecule has 0 aliphatic carbocycles. The van der Waals surface area contributed by atoms with Crippen molar-refractivity contribution in [3.63, 3.8) is 0 Å². The molecule has 0 bridgehead atoms. The van der Waals surface area contributed by atoms with Gasteiger partial charge in [0.2, 0.25) is 10.0 Å². The van der Waals surface area contributed by atoms with E-state index < -0.39 is 10.0 Å². The summed E-state index contributed by atoms with van der Waals surface area (Å²) in [7, 11) is -3.40. The minimum absolute atomic E-state index is 0.202. The van der Waals surface area contributed by atoms with Crippen LogP contribution in [0.4, 0.5) is 5.69 Å². The van der Waals surface area contributed by atoms with E-state index in [1.165, 1.54) is 0 Å². The van der Waals surface area contributed by atoms with Crippen molar-refractivity contribution in [2.75, 3.05) is 24.1 Å². The van der Waals surface area contributed by atoms with E-state index in [-0.39, 0.29) is 11.8 Å². The number of hydrogen-bond acceptors (Lipinski definition) is 4. The standard InChI is InChI=1S/C19H22N2O4S/c1-13-7-8-16(10-17(13)21-26(2,23)24)19(22)20-11-14-9-15-5-3-4-6-18(15)25-12-14/h3-8,10,14,21H,9,11-12H2,1-2H3,(H,20,22). The van der Waals surface area contributed by atoms with Crippen LogP contribution < -0.4 is 14.8 Å². The number of amides is 1. The van der Waals surface area contributed by atoms with Crippen LogP contribution in [0.3, 0.4) is 0 Å². The molecule has 26 heavy (non-hydrogen) atoms. The maximum absolute atomic E-state index is 12.4. The molecule has 2 N–H and O–H groups in total. The van der Waals surface area contributed by atoms with E-state index in [9.17, 15) is 13.2 Å². The van der Waals surface area contributed by atoms with Crippen molar-refractivity contribution in [3.8, 4) is 5.75 Å². The van der Waals surface area contributed by atoms with Crippen LogP contribution in [-0.2, 0) is 16.4 Å². The van der Waals surface area contributed by atoms with E-state index in [1.54, 1.807) is 25.1 Å². The third-order valence-electron chi connectivity index (χ3n) is 4.30. The molecule has 0 saturated carbocycles. The topological polar surface area (TPSA) is 84.5 Å². The molecule has 138 valence electrons. The predicted molar refractivity (Wildman–Crippen MR) is 101 cm³/mol. The van der Waals surface area contributed by atoms with Crippen LogP contribution in [0.15, 0.2) is 42.5 Å². The Balaban J connectivity index is 1.63. The number of anilines is 1. The Morgan fingerprint density at radius 1 is 1.23 bits per heavy atom. The lowest BCUT2D eigenvalue weighted by Gasteiger charge is -2.25. The molecule has 1 amide bonds. The molecule has 3 rings (SSSR count). The summed E-state index contributed by atoms with van der Waals surface area (Å²) >= 11 is 0. The number of carbonyl (C=O) groups is 1. The Bertz CT molecular complexity index is 925. The van der Waals surface area contributed by atoms with Crippen LogP contribution in [0.2, 0.25) is 0 Å². The number of sulfonamides is 1. The van der Waals surface area contributed by atoms with Gasteiger partial charge in [0.1, 0.15) is 5.75 Å². The van der Waals surface area contributed by atoms with Crippen LogP contribution >= 0.6 is 0 Å². The second kappa shape index (κ2) is 7.37. The van der Waals surface area contributed by atoms with Gasteiger partial charge in [0.25, 0.3) is 5.91 Å². The lowest BCUT2D eigenvalue weighted by molar-refractivity contribution is 0.0939. The van der Waals surface area contributed by atoms with Gasteiger partial charge in [-0.25, -0.2) is 8.42 Å². The summed E-state index contributed by atoms with van der Waals surface area (Å²) in [4.78, 5) is 12.4. The van der Waals surface area contributed by atoms with Crippen molar-refractivity contribution in [2.24, 2.45) is 5.92 Å². The Labute approximate surface area is 153 Å². The minimum Gasteiger partial charge on any atom is -0.493 e. The van der Waals surface area contributed by atoms with Gasteiger partial charge in [-0.3, -0.25) is 9.52 Å². The highest BCUT2D eigenvalue weighted by Gasteiger charge is 2.20. The monoisotopic (exact) mass is 374 g/mol. The number of fused-ring (bicyclic) bond motifs is 1. The first-order chi connectivity index (χ1) is 12.3. The van der Waals surface area contributed by atoms with Crippen molar-refractivity contribution in [2.45, 2.75) is 13.3 Å². The Morgan fingerprint density at radius 2 is 2.00 bits per heavy atom. The fraction of sp³-hybridized carbons (Fsp3) is 0.316. The smallest absolute Gasteiger partial charge is 0.251 e. The molecule has 2 aromatic rings. The molecule has 0 fully saturated rings. The molecule has 0 radical (unpaired) electrons. The van der Waals surface area contributed by atoms with E-state index in [1.807, 2.05) is 24.3 Å². The normalized spacial score (nSPS) is 16.3. The van der Waals surface area contributed by atoms with Gasteiger partial charge in [-0.1, -0.05) is 24.3 Å². The van der Waals surface area contributed by atoms with E-state index in [0.717, 1.165) is 29.6 Å². The third kappa shape index (κ3) is 4.54. The largest absolute Gasteiger partial charge is 0.493 e. The summed E-state index contributed by atoms with van der Waals surface area (Å²) in [6.45, 7) is 2.84. The van der Waals surface area contributed by atoms with Crippen LogP contribution in [0.25, 0.3) is 0 Å².